The number of hydrogen-bond acceptors (Lipinski definition) is 6. The van der Waals surface area contributed by atoms with E-state index >= 15 is 0 Å². The molecule has 0 saturated carbocycles. The topological polar surface area (TPSA) is 82.5 Å². The van der Waals surface area contributed by atoms with Crippen molar-refractivity contribution in [2.75, 3.05) is 26.2 Å². The number of rotatable bonds is 8. The molecule has 1 aromatic rings. The molecule has 0 aliphatic carbocycles. The number of fused-ring (bicyclic) bond motifs is 1. The summed E-state index contributed by atoms with van der Waals surface area (Å²) in [5, 5.41) is 20.0. The summed E-state index contributed by atoms with van der Waals surface area (Å²) >= 11 is 0. The lowest BCUT2D eigenvalue weighted by Crippen LogP contribution is -2.46. The Balaban J connectivity index is 1.40. The molecule has 1 unspecified atom stereocenters. The van der Waals surface area contributed by atoms with Crippen molar-refractivity contribution < 1.29 is 24.5 Å². The fraction of sp³-hybridized carbons (Fsp3) is 0.621. The van der Waals surface area contributed by atoms with Crippen LogP contribution < -0.4 is 4.74 Å². The van der Waals surface area contributed by atoms with Gasteiger partial charge in [0, 0.05) is 36.5 Å². The highest BCUT2D eigenvalue weighted by atomic mass is 16.7. The zero-order valence-corrected chi connectivity index (χ0v) is 22.3. The number of carboxylic acids is 1. The summed E-state index contributed by atoms with van der Waals surface area (Å²) < 4.78 is 12.1. The van der Waals surface area contributed by atoms with E-state index in [0.717, 1.165) is 76.2 Å². The minimum atomic E-state index is -0.999. The lowest BCUT2D eigenvalue weighted by atomic mass is 9.79. The van der Waals surface area contributed by atoms with Gasteiger partial charge in [0.1, 0.15) is 5.75 Å². The van der Waals surface area contributed by atoms with Gasteiger partial charge in [0.2, 0.25) is 6.41 Å². The number of carbonyl (C=O) groups is 1. The Morgan fingerprint density at radius 2 is 1.94 bits per heavy atom. The maximum atomic E-state index is 11.2. The summed E-state index contributed by atoms with van der Waals surface area (Å²) in [4.78, 5) is 15.6. The van der Waals surface area contributed by atoms with Crippen LogP contribution in [0.4, 0.5) is 0 Å². The van der Waals surface area contributed by atoms with Crippen molar-refractivity contribution in [3.05, 3.63) is 52.7 Å². The molecule has 0 amide bonds. The Bertz CT molecular complexity index is 1010. The number of likely N-dealkylation sites (tertiary alicyclic amines) is 1. The summed E-state index contributed by atoms with van der Waals surface area (Å²) in [6, 6.07) is 6.61. The second-order valence-electron chi connectivity index (χ2n) is 11.3. The van der Waals surface area contributed by atoms with Gasteiger partial charge in [0.25, 0.3) is 0 Å². The van der Waals surface area contributed by atoms with Crippen molar-refractivity contribution in [3.63, 3.8) is 0 Å². The molecule has 1 atom stereocenters. The average Bonchev–Trinajstić information content (AvgIpc) is 3.16. The lowest BCUT2D eigenvalue weighted by Gasteiger charge is -2.38. The molecule has 7 heteroatoms. The molecule has 0 bridgehead atoms. The third kappa shape index (κ3) is 5.96. The smallest absolute Gasteiger partial charge is 0.331 e. The number of unbranched alkanes of at least 4 members (excludes halogenated alkanes) is 1. The molecule has 7 nitrogen and oxygen atoms in total. The molecule has 3 aliphatic heterocycles. The van der Waals surface area contributed by atoms with Crippen molar-refractivity contribution in [2.24, 2.45) is 0 Å². The molecule has 0 aromatic heterocycles. The van der Waals surface area contributed by atoms with Crippen molar-refractivity contribution in [3.8, 4) is 5.75 Å². The summed E-state index contributed by atoms with van der Waals surface area (Å²) in [7, 11) is 0. The first-order chi connectivity index (χ1) is 17.1. The number of piperidine rings is 1. The highest BCUT2D eigenvalue weighted by molar-refractivity contribution is 5.86. The Kier molecular flexibility index (Phi) is 8.12. The Morgan fingerprint density at radius 3 is 2.64 bits per heavy atom. The quantitative estimate of drug-likeness (QED) is 0.394. The van der Waals surface area contributed by atoms with Crippen LogP contribution in [0.1, 0.15) is 77.3 Å². The monoisotopic (exact) mass is 498 g/mol. The van der Waals surface area contributed by atoms with E-state index < -0.39 is 12.4 Å². The lowest BCUT2D eigenvalue weighted by molar-refractivity contribution is -0.180. The second-order valence-corrected chi connectivity index (χ2v) is 11.3. The van der Waals surface area contributed by atoms with Gasteiger partial charge in [-0.05, 0) is 62.1 Å². The highest BCUT2D eigenvalue weighted by Gasteiger charge is 2.46. The fourth-order valence-electron chi connectivity index (χ4n) is 5.46. The first kappa shape index (κ1) is 26.7. The molecular weight excluding hydrogens is 456 g/mol. The van der Waals surface area contributed by atoms with Gasteiger partial charge in [-0.1, -0.05) is 45.4 Å². The van der Waals surface area contributed by atoms with Gasteiger partial charge >= 0.3 is 5.97 Å². The number of aliphatic hydroxyl groups excluding tert-OH is 1. The normalized spacial score (nSPS) is 24.0. The standard InChI is InChI=1S/C29H42N2O5/c1-5-6-7-23(10-8-21(2)26(32)33)31-20-29(36-27(31)34)12-15-30(16-13-29)19-22-9-11-25-24(18-22)28(3,4)14-17-35-25/h8-11,18,27,34H,5-7,12-17,19-20H2,1-4H3,(H,32,33). The molecule has 2 N–H and O–H groups in total. The molecule has 0 radical (unpaired) electrons. The van der Waals surface area contributed by atoms with Gasteiger partial charge < -0.3 is 24.6 Å². The van der Waals surface area contributed by atoms with Crippen LogP contribution in [0.15, 0.2) is 41.6 Å². The highest BCUT2D eigenvalue weighted by Crippen LogP contribution is 2.40. The number of aliphatic hydroxyl groups is 1. The number of hydrogen-bond donors (Lipinski definition) is 2. The van der Waals surface area contributed by atoms with Crippen LogP contribution >= 0.6 is 0 Å². The van der Waals surface area contributed by atoms with Crippen LogP contribution in [0, 0.1) is 0 Å². The molecule has 1 spiro atoms. The molecule has 198 valence electrons. The summed E-state index contributed by atoms with van der Waals surface area (Å²) in [6.07, 6.45) is 7.97. The third-order valence-electron chi connectivity index (χ3n) is 8.03. The first-order valence-electron chi connectivity index (χ1n) is 13.3. The van der Waals surface area contributed by atoms with E-state index in [1.807, 2.05) is 11.0 Å². The number of nitrogens with zero attached hydrogens (tertiary/aromatic N) is 2. The molecule has 3 aliphatic rings. The van der Waals surface area contributed by atoms with Gasteiger partial charge in [-0.3, -0.25) is 4.90 Å². The van der Waals surface area contributed by atoms with Gasteiger partial charge in [-0.15, -0.1) is 0 Å². The Labute approximate surface area is 215 Å². The maximum absolute atomic E-state index is 11.2. The van der Waals surface area contributed by atoms with Gasteiger partial charge in [0.05, 0.1) is 18.8 Å². The van der Waals surface area contributed by atoms with Crippen LogP contribution in [0.2, 0.25) is 0 Å². The predicted molar refractivity (Wildman–Crippen MR) is 140 cm³/mol. The number of allylic oxidation sites excluding steroid dienone is 3. The second kappa shape index (κ2) is 11.0. The van der Waals surface area contributed by atoms with Crippen LogP contribution in [-0.4, -0.2) is 64.2 Å². The van der Waals surface area contributed by atoms with Gasteiger partial charge in [0.15, 0.2) is 0 Å². The van der Waals surface area contributed by atoms with Crippen molar-refractivity contribution >= 4 is 5.97 Å². The van der Waals surface area contributed by atoms with E-state index in [-0.39, 0.29) is 16.6 Å². The van der Waals surface area contributed by atoms with E-state index in [9.17, 15) is 15.0 Å². The number of aliphatic carboxylic acids is 1. The van der Waals surface area contributed by atoms with E-state index in [1.165, 1.54) is 11.1 Å². The Morgan fingerprint density at radius 1 is 1.19 bits per heavy atom. The molecule has 36 heavy (non-hydrogen) atoms. The van der Waals surface area contributed by atoms with Gasteiger partial charge in [-0.2, -0.15) is 0 Å². The van der Waals surface area contributed by atoms with Crippen LogP contribution in [0.5, 0.6) is 5.75 Å². The molecule has 1 aromatic carbocycles. The van der Waals surface area contributed by atoms with E-state index in [4.69, 9.17) is 9.47 Å². The average molecular weight is 499 g/mol. The third-order valence-corrected chi connectivity index (χ3v) is 8.03. The first-order valence-corrected chi connectivity index (χ1v) is 13.3. The van der Waals surface area contributed by atoms with Gasteiger partial charge in [-0.25, -0.2) is 4.79 Å². The SMILES string of the molecule is CCCCC(=CC=C(C)C(=O)O)N1CC2(CCN(Cc3ccc4c(c3)C(C)(C)CCO4)CC2)OC1O. The van der Waals surface area contributed by atoms with Crippen molar-refractivity contribution in [1.29, 1.82) is 0 Å². The molecule has 4 rings (SSSR count). The Hall–Kier alpha value is -2.35. The zero-order valence-electron chi connectivity index (χ0n) is 22.3. The van der Waals surface area contributed by atoms with E-state index in [1.54, 1.807) is 13.0 Å². The minimum Gasteiger partial charge on any atom is -0.493 e. The summed E-state index contributed by atoms with van der Waals surface area (Å²) in [6.45, 7) is 12.4. The summed E-state index contributed by atoms with van der Waals surface area (Å²) in [5.41, 5.74) is 3.58. The zero-order chi connectivity index (χ0) is 25.9. The molecule has 2 fully saturated rings. The number of ether oxygens (including phenoxy) is 2. The van der Waals surface area contributed by atoms with Crippen LogP contribution in [0.25, 0.3) is 0 Å². The molecule has 3 heterocycles. The van der Waals surface area contributed by atoms with Crippen molar-refractivity contribution in [1.82, 2.24) is 9.80 Å². The summed E-state index contributed by atoms with van der Waals surface area (Å²) in [5.74, 6) is 0.0829. The molecular formula is C29H42N2O5. The fourth-order valence-corrected chi connectivity index (χ4v) is 5.46. The minimum absolute atomic E-state index is 0.133. The van der Waals surface area contributed by atoms with Crippen LogP contribution in [0.3, 0.4) is 0 Å². The maximum Gasteiger partial charge on any atom is 0.331 e. The molecule has 2 saturated heterocycles. The number of benzene rings is 1. The van der Waals surface area contributed by atoms with Crippen LogP contribution in [-0.2, 0) is 21.5 Å². The van der Waals surface area contributed by atoms with E-state index in [0.29, 0.717) is 6.54 Å². The van der Waals surface area contributed by atoms with E-state index in [2.05, 4.69) is 43.9 Å². The predicted octanol–water partition coefficient (Wildman–Crippen LogP) is 4.79. The van der Waals surface area contributed by atoms with Crippen molar-refractivity contribution in [2.45, 2.75) is 90.2 Å². The largest absolute Gasteiger partial charge is 0.493 e. The number of carboxylic acid groups (broad SMARTS) is 1.